The summed E-state index contributed by atoms with van der Waals surface area (Å²) in [5.74, 6) is 0.660. The van der Waals surface area contributed by atoms with Gasteiger partial charge in [-0.05, 0) is 24.3 Å². The Labute approximate surface area is 107 Å². The van der Waals surface area contributed by atoms with Crippen LogP contribution < -0.4 is 0 Å². The van der Waals surface area contributed by atoms with Gasteiger partial charge in [0.15, 0.2) is 5.16 Å². The number of halogens is 1. The summed E-state index contributed by atoms with van der Waals surface area (Å²) >= 11 is 4.95. The molecule has 0 unspecified atom stereocenters. The maximum Gasteiger partial charge on any atom is 0.172 e. The number of rotatable bonds is 4. The minimum Gasteiger partial charge on any atom is -0.396 e. The predicted octanol–water partition coefficient (Wildman–Crippen LogP) is 2.72. The second-order valence-corrected chi connectivity index (χ2v) is 5.11. The van der Waals surface area contributed by atoms with Gasteiger partial charge >= 0.3 is 0 Å². The Balaban J connectivity index is 2.26. The molecule has 0 bridgehead atoms. The molecule has 0 aliphatic rings. The summed E-state index contributed by atoms with van der Waals surface area (Å²) in [4.78, 5) is 4.26. The van der Waals surface area contributed by atoms with Crippen molar-refractivity contribution in [1.29, 1.82) is 0 Å². The smallest absolute Gasteiger partial charge is 0.172 e. The van der Waals surface area contributed by atoms with Crippen molar-refractivity contribution in [1.82, 2.24) is 9.55 Å². The fourth-order valence-corrected chi connectivity index (χ4v) is 2.31. The van der Waals surface area contributed by atoms with Crippen molar-refractivity contribution in [2.24, 2.45) is 0 Å². The van der Waals surface area contributed by atoms with Crippen molar-refractivity contribution >= 4 is 27.7 Å². The van der Waals surface area contributed by atoms with Crippen LogP contribution in [-0.4, -0.2) is 27.0 Å². The monoisotopic (exact) mass is 298 g/mol. The zero-order chi connectivity index (χ0) is 11.4. The lowest BCUT2D eigenvalue weighted by atomic mass is 10.3. The Morgan fingerprint density at radius 1 is 1.31 bits per heavy atom. The maximum atomic E-state index is 8.80. The van der Waals surface area contributed by atoms with Crippen molar-refractivity contribution in [2.75, 3.05) is 12.4 Å². The van der Waals surface area contributed by atoms with E-state index < -0.39 is 0 Å². The molecule has 84 valence electrons. The molecule has 0 atom stereocenters. The molecule has 0 aliphatic carbocycles. The van der Waals surface area contributed by atoms with Crippen LogP contribution in [0.4, 0.5) is 0 Å². The molecular formula is C11H11BrN2OS. The van der Waals surface area contributed by atoms with Crippen molar-refractivity contribution < 1.29 is 5.11 Å². The summed E-state index contributed by atoms with van der Waals surface area (Å²) in [5.41, 5.74) is 1.07. The number of hydrogen-bond acceptors (Lipinski definition) is 3. The maximum absolute atomic E-state index is 8.80. The SMILES string of the molecule is OCCSc1nccn1-c1ccc(Br)cc1. The number of aliphatic hydroxyl groups is 1. The van der Waals surface area contributed by atoms with Crippen LogP contribution in [0.25, 0.3) is 5.69 Å². The van der Waals surface area contributed by atoms with E-state index in [-0.39, 0.29) is 6.61 Å². The molecule has 1 aromatic heterocycles. The summed E-state index contributed by atoms with van der Waals surface area (Å²) in [6.07, 6.45) is 3.69. The lowest BCUT2D eigenvalue weighted by molar-refractivity contribution is 0.322. The van der Waals surface area contributed by atoms with Crippen LogP contribution in [0.2, 0.25) is 0 Å². The van der Waals surface area contributed by atoms with E-state index in [0.717, 1.165) is 15.3 Å². The lowest BCUT2D eigenvalue weighted by Crippen LogP contribution is -1.96. The predicted molar refractivity (Wildman–Crippen MR) is 69.1 cm³/mol. The van der Waals surface area contributed by atoms with Gasteiger partial charge in [0.25, 0.3) is 0 Å². The van der Waals surface area contributed by atoms with Crippen LogP contribution in [0.3, 0.4) is 0 Å². The molecule has 0 saturated carbocycles. The van der Waals surface area contributed by atoms with E-state index in [2.05, 4.69) is 20.9 Å². The molecule has 3 nitrogen and oxygen atoms in total. The molecule has 1 heterocycles. The third-order valence-corrected chi connectivity index (χ3v) is 3.51. The first-order valence-corrected chi connectivity index (χ1v) is 6.62. The van der Waals surface area contributed by atoms with Crippen molar-refractivity contribution in [3.05, 3.63) is 41.1 Å². The van der Waals surface area contributed by atoms with Gasteiger partial charge in [0.2, 0.25) is 0 Å². The van der Waals surface area contributed by atoms with Crippen LogP contribution in [0, 0.1) is 0 Å². The average Bonchev–Trinajstić information content (AvgIpc) is 2.75. The Morgan fingerprint density at radius 2 is 2.06 bits per heavy atom. The van der Waals surface area contributed by atoms with E-state index in [9.17, 15) is 0 Å². The number of benzene rings is 1. The minimum absolute atomic E-state index is 0.165. The highest BCUT2D eigenvalue weighted by atomic mass is 79.9. The first-order valence-electron chi connectivity index (χ1n) is 4.84. The number of aliphatic hydroxyl groups excluding tert-OH is 1. The summed E-state index contributed by atoms with van der Waals surface area (Å²) < 4.78 is 3.06. The highest BCUT2D eigenvalue weighted by Gasteiger charge is 2.04. The largest absolute Gasteiger partial charge is 0.396 e. The summed E-state index contributed by atoms with van der Waals surface area (Å²) in [6, 6.07) is 8.04. The second-order valence-electron chi connectivity index (χ2n) is 3.13. The normalized spacial score (nSPS) is 10.6. The molecule has 2 aromatic rings. The van der Waals surface area contributed by atoms with Gasteiger partial charge in [-0.15, -0.1) is 0 Å². The average molecular weight is 299 g/mol. The van der Waals surface area contributed by atoms with Crippen molar-refractivity contribution in [3.8, 4) is 5.69 Å². The third kappa shape index (κ3) is 2.66. The van der Waals surface area contributed by atoms with Gasteiger partial charge in [-0.2, -0.15) is 0 Å². The number of aromatic nitrogens is 2. The number of hydrogen-bond donors (Lipinski definition) is 1. The van der Waals surface area contributed by atoms with E-state index in [1.165, 1.54) is 0 Å². The minimum atomic E-state index is 0.165. The van der Waals surface area contributed by atoms with E-state index in [4.69, 9.17) is 5.11 Å². The summed E-state index contributed by atoms with van der Waals surface area (Å²) in [6.45, 7) is 0.165. The van der Waals surface area contributed by atoms with E-state index >= 15 is 0 Å². The number of nitrogens with zero attached hydrogens (tertiary/aromatic N) is 2. The van der Waals surface area contributed by atoms with Gasteiger partial charge in [0.1, 0.15) is 0 Å². The fraction of sp³-hybridized carbons (Fsp3) is 0.182. The molecule has 0 saturated heterocycles. The van der Waals surface area contributed by atoms with Gasteiger partial charge in [-0.25, -0.2) is 4.98 Å². The zero-order valence-electron chi connectivity index (χ0n) is 8.51. The first-order chi connectivity index (χ1) is 7.81. The number of imidazole rings is 1. The molecule has 16 heavy (non-hydrogen) atoms. The van der Waals surface area contributed by atoms with Gasteiger partial charge < -0.3 is 5.11 Å². The topological polar surface area (TPSA) is 38.1 Å². The molecule has 5 heteroatoms. The highest BCUT2D eigenvalue weighted by molar-refractivity contribution is 9.10. The van der Waals surface area contributed by atoms with Gasteiger partial charge in [-0.3, -0.25) is 4.57 Å². The molecule has 1 N–H and O–H groups in total. The van der Waals surface area contributed by atoms with Crippen molar-refractivity contribution in [3.63, 3.8) is 0 Å². The first kappa shape index (κ1) is 11.7. The molecule has 0 fully saturated rings. The third-order valence-electron chi connectivity index (χ3n) is 2.03. The molecule has 1 aromatic carbocycles. The second kappa shape index (κ2) is 5.52. The Hall–Kier alpha value is -0.780. The summed E-state index contributed by atoms with van der Waals surface area (Å²) in [7, 11) is 0. The van der Waals surface area contributed by atoms with E-state index in [1.807, 2.05) is 35.0 Å². The molecule has 2 rings (SSSR count). The number of thioether (sulfide) groups is 1. The van der Waals surface area contributed by atoms with Crippen molar-refractivity contribution in [2.45, 2.75) is 5.16 Å². The van der Waals surface area contributed by atoms with Gasteiger partial charge in [0.05, 0.1) is 6.61 Å². The van der Waals surface area contributed by atoms with Gasteiger partial charge in [-0.1, -0.05) is 27.7 Å². The Kier molecular flexibility index (Phi) is 4.04. The van der Waals surface area contributed by atoms with Crippen LogP contribution in [0.5, 0.6) is 0 Å². The molecule has 0 aliphatic heterocycles. The molecular weight excluding hydrogens is 288 g/mol. The molecule has 0 radical (unpaired) electrons. The van der Waals surface area contributed by atoms with Crippen LogP contribution in [0.15, 0.2) is 46.3 Å². The Bertz CT molecular complexity index is 455. The van der Waals surface area contributed by atoms with E-state index in [1.54, 1.807) is 18.0 Å². The van der Waals surface area contributed by atoms with Crippen LogP contribution in [0.1, 0.15) is 0 Å². The van der Waals surface area contributed by atoms with Crippen LogP contribution >= 0.6 is 27.7 Å². The zero-order valence-corrected chi connectivity index (χ0v) is 10.9. The van der Waals surface area contributed by atoms with Crippen LogP contribution in [-0.2, 0) is 0 Å². The fourth-order valence-electron chi connectivity index (χ4n) is 1.33. The highest BCUT2D eigenvalue weighted by Crippen LogP contribution is 2.21. The standard InChI is InChI=1S/C11H11BrN2OS/c12-9-1-3-10(4-2-9)14-6-5-13-11(14)16-8-7-15/h1-6,15H,7-8H2. The van der Waals surface area contributed by atoms with Gasteiger partial charge in [0, 0.05) is 28.3 Å². The quantitative estimate of drug-likeness (QED) is 0.882. The lowest BCUT2D eigenvalue weighted by Gasteiger charge is -2.06. The van der Waals surface area contributed by atoms with E-state index in [0.29, 0.717) is 5.75 Å². The molecule has 0 amide bonds. The summed E-state index contributed by atoms with van der Waals surface area (Å²) in [5, 5.41) is 9.70. The Morgan fingerprint density at radius 3 is 2.75 bits per heavy atom. The molecule has 0 spiro atoms.